The molecule has 12 heavy (non-hydrogen) atoms. The van der Waals surface area contributed by atoms with E-state index >= 15 is 0 Å². The van der Waals surface area contributed by atoms with Crippen LogP contribution in [0, 0.1) is 5.92 Å². The molecule has 0 rings (SSSR count). The van der Waals surface area contributed by atoms with Crippen molar-refractivity contribution in [1.29, 1.82) is 0 Å². The molecule has 0 bridgehead atoms. The van der Waals surface area contributed by atoms with Crippen molar-refractivity contribution in [1.82, 2.24) is 0 Å². The van der Waals surface area contributed by atoms with Crippen molar-refractivity contribution in [2.24, 2.45) is 5.92 Å². The Balaban J connectivity index is 4.25. The van der Waals surface area contributed by atoms with Crippen molar-refractivity contribution in [2.45, 2.75) is 32.3 Å². The Morgan fingerprint density at radius 3 is 2.17 bits per heavy atom. The van der Waals surface area contributed by atoms with Crippen LogP contribution in [0.2, 0.25) is 0 Å². The third-order valence-electron chi connectivity index (χ3n) is 1.40. The summed E-state index contributed by atoms with van der Waals surface area (Å²) in [6, 6.07) is 0. The molecule has 0 fully saturated rings. The summed E-state index contributed by atoms with van der Waals surface area (Å²) < 4.78 is 24.9. The molecule has 0 aromatic rings. The molecular weight excluding hydrogens is 170 g/mol. The Labute approximate surface area is 69.0 Å². The number of carbonyl (C=O) groups is 1. The zero-order chi connectivity index (χ0) is 9.94. The number of aliphatic hydroxyl groups excluding tert-OH is 1. The standard InChI is InChI=1S/C7H12F2O3/c1-4(2)3-5(10)7(8,9)6(11)12/h4-5,10H,3H2,1-2H3,(H,11,12)/t5-/m1/s1. The quantitative estimate of drug-likeness (QED) is 0.684. The lowest BCUT2D eigenvalue weighted by Crippen LogP contribution is -2.41. The van der Waals surface area contributed by atoms with Gasteiger partial charge in [0.05, 0.1) is 0 Å². The van der Waals surface area contributed by atoms with E-state index < -0.39 is 18.0 Å². The minimum absolute atomic E-state index is 0.162. The molecule has 0 spiro atoms. The van der Waals surface area contributed by atoms with Crippen LogP contribution in [-0.4, -0.2) is 28.2 Å². The highest BCUT2D eigenvalue weighted by molar-refractivity contribution is 5.76. The number of aliphatic hydroxyl groups is 1. The second-order valence-corrected chi connectivity index (χ2v) is 3.07. The van der Waals surface area contributed by atoms with Crippen LogP contribution in [0.5, 0.6) is 0 Å². The van der Waals surface area contributed by atoms with E-state index in [-0.39, 0.29) is 12.3 Å². The average molecular weight is 182 g/mol. The van der Waals surface area contributed by atoms with Crippen LogP contribution in [0.25, 0.3) is 0 Å². The molecule has 5 heteroatoms. The first-order valence-electron chi connectivity index (χ1n) is 3.57. The Kier molecular flexibility index (Phi) is 3.57. The van der Waals surface area contributed by atoms with Gasteiger partial charge < -0.3 is 10.2 Å². The predicted octanol–water partition coefficient (Wildman–Crippen LogP) is 1.11. The smallest absolute Gasteiger partial charge is 0.377 e. The fourth-order valence-corrected chi connectivity index (χ4v) is 0.737. The van der Waals surface area contributed by atoms with Gasteiger partial charge in [0.2, 0.25) is 0 Å². The molecule has 0 aliphatic carbocycles. The molecule has 3 nitrogen and oxygen atoms in total. The minimum Gasteiger partial charge on any atom is -0.477 e. The fourth-order valence-electron chi connectivity index (χ4n) is 0.737. The number of halogens is 2. The zero-order valence-electron chi connectivity index (χ0n) is 6.92. The van der Waals surface area contributed by atoms with Crippen molar-refractivity contribution in [3.8, 4) is 0 Å². The van der Waals surface area contributed by atoms with Crippen LogP contribution in [0.1, 0.15) is 20.3 Å². The molecule has 0 saturated heterocycles. The van der Waals surface area contributed by atoms with E-state index in [0.29, 0.717) is 0 Å². The Morgan fingerprint density at radius 1 is 1.50 bits per heavy atom. The van der Waals surface area contributed by atoms with Crippen LogP contribution in [0.4, 0.5) is 8.78 Å². The van der Waals surface area contributed by atoms with Gasteiger partial charge in [0.1, 0.15) is 6.10 Å². The lowest BCUT2D eigenvalue weighted by Gasteiger charge is -2.19. The molecule has 0 aromatic heterocycles. The lowest BCUT2D eigenvalue weighted by atomic mass is 10.0. The molecule has 0 radical (unpaired) electrons. The van der Waals surface area contributed by atoms with E-state index in [1.54, 1.807) is 13.8 Å². The Hall–Kier alpha value is -0.710. The number of hydrogen-bond donors (Lipinski definition) is 2. The molecule has 0 aliphatic heterocycles. The molecule has 0 unspecified atom stereocenters. The summed E-state index contributed by atoms with van der Waals surface area (Å²) in [6.07, 6.45) is -2.32. The van der Waals surface area contributed by atoms with E-state index in [0.717, 1.165) is 0 Å². The molecule has 1 atom stereocenters. The minimum atomic E-state index is -4.04. The van der Waals surface area contributed by atoms with E-state index in [9.17, 15) is 13.6 Å². The van der Waals surface area contributed by atoms with Gasteiger partial charge in [-0.25, -0.2) is 4.79 Å². The highest BCUT2D eigenvalue weighted by atomic mass is 19.3. The highest BCUT2D eigenvalue weighted by Crippen LogP contribution is 2.23. The van der Waals surface area contributed by atoms with Crippen LogP contribution >= 0.6 is 0 Å². The molecular formula is C7H12F2O3. The largest absolute Gasteiger partial charge is 0.477 e. The molecule has 0 saturated carbocycles. The molecule has 0 amide bonds. The number of aliphatic carboxylic acids is 1. The predicted molar refractivity (Wildman–Crippen MR) is 38.0 cm³/mol. The topological polar surface area (TPSA) is 57.5 Å². The van der Waals surface area contributed by atoms with Gasteiger partial charge in [0.25, 0.3) is 0 Å². The molecule has 0 aliphatic rings. The van der Waals surface area contributed by atoms with Gasteiger partial charge in [-0.15, -0.1) is 0 Å². The third-order valence-corrected chi connectivity index (χ3v) is 1.40. The van der Waals surface area contributed by atoms with Crippen molar-refractivity contribution >= 4 is 5.97 Å². The second kappa shape index (κ2) is 3.80. The van der Waals surface area contributed by atoms with Gasteiger partial charge in [-0.1, -0.05) is 13.8 Å². The fraction of sp³-hybridized carbons (Fsp3) is 0.857. The number of rotatable bonds is 4. The van der Waals surface area contributed by atoms with E-state index in [1.807, 2.05) is 0 Å². The zero-order valence-corrected chi connectivity index (χ0v) is 6.92. The maximum absolute atomic E-state index is 12.5. The second-order valence-electron chi connectivity index (χ2n) is 3.07. The first-order valence-corrected chi connectivity index (χ1v) is 3.57. The molecule has 72 valence electrons. The van der Waals surface area contributed by atoms with Crippen LogP contribution in [0.3, 0.4) is 0 Å². The number of carboxylic acid groups (broad SMARTS) is 1. The van der Waals surface area contributed by atoms with Crippen LogP contribution in [-0.2, 0) is 4.79 Å². The van der Waals surface area contributed by atoms with Crippen LogP contribution in [0.15, 0.2) is 0 Å². The van der Waals surface area contributed by atoms with E-state index in [2.05, 4.69) is 0 Å². The Morgan fingerprint density at radius 2 is 1.92 bits per heavy atom. The molecule has 0 heterocycles. The van der Waals surface area contributed by atoms with E-state index in [1.165, 1.54) is 0 Å². The van der Waals surface area contributed by atoms with Crippen molar-refractivity contribution in [3.63, 3.8) is 0 Å². The van der Waals surface area contributed by atoms with Gasteiger partial charge in [-0.3, -0.25) is 0 Å². The maximum Gasteiger partial charge on any atom is 0.377 e. The first-order chi connectivity index (χ1) is 5.28. The normalized spacial score (nSPS) is 14.8. The number of carboxylic acids is 1. The summed E-state index contributed by atoms with van der Waals surface area (Å²) in [7, 11) is 0. The number of alkyl halides is 2. The van der Waals surface area contributed by atoms with Crippen LogP contribution < -0.4 is 0 Å². The third kappa shape index (κ3) is 2.73. The highest BCUT2D eigenvalue weighted by Gasteiger charge is 2.46. The maximum atomic E-state index is 12.5. The Bertz CT molecular complexity index is 168. The first kappa shape index (κ1) is 11.3. The van der Waals surface area contributed by atoms with Gasteiger partial charge in [-0.05, 0) is 12.3 Å². The summed E-state index contributed by atoms with van der Waals surface area (Å²) in [4.78, 5) is 9.93. The molecule has 2 N–H and O–H groups in total. The van der Waals surface area contributed by atoms with Crippen molar-refractivity contribution < 1.29 is 23.8 Å². The van der Waals surface area contributed by atoms with Crippen molar-refractivity contribution in [2.75, 3.05) is 0 Å². The van der Waals surface area contributed by atoms with Crippen molar-refractivity contribution in [3.05, 3.63) is 0 Å². The average Bonchev–Trinajstić information content (AvgIpc) is 1.85. The van der Waals surface area contributed by atoms with Gasteiger partial charge in [0.15, 0.2) is 0 Å². The summed E-state index contributed by atoms with van der Waals surface area (Å²) in [5.41, 5.74) is 0. The molecule has 0 aromatic carbocycles. The van der Waals surface area contributed by atoms with Gasteiger partial charge >= 0.3 is 11.9 Å². The summed E-state index contributed by atoms with van der Waals surface area (Å²) in [6.45, 7) is 3.25. The number of hydrogen-bond acceptors (Lipinski definition) is 2. The van der Waals surface area contributed by atoms with E-state index in [4.69, 9.17) is 10.2 Å². The van der Waals surface area contributed by atoms with Gasteiger partial charge in [-0.2, -0.15) is 8.78 Å². The summed E-state index contributed by atoms with van der Waals surface area (Å²) in [5.74, 6) is -6.48. The SMILES string of the molecule is CC(C)C[C@@H](O)C(F)(F)C(=O)O. The summed E-state index contributed by atoms with van der Waals surface area (Å²) >= 11 is 0. The monoisotopic (exact) mass is 182 g/mol. The van der Waals surface area contributed by atoms with Gasteiger partial charge in [0, 0.05) is 0 Å². The lowest BCUT2D eigenvalue weighted by molar-refractivity contribution is -0.183. The summed E-state index contributed by atoms with van der Waals surface area (Å²) in [5, 5.41) is 16.8.